The number of hydrogen-bond acceptors (Lipinski definition) is 2. The Balaban J connectivity index is 3.06. The van der Waals surface area contributed by atoms with Crippen LogP contribution in [0.3, 0.4) is 0 Å². The highest BCUT2D eigenvalue weighted by Gasteiger charge is 2.06. The second kappa shape index (κ2) is 12.1. The summed E-state index contributed by atoms with van der Waals surface area (Å²) in [5.41, 5.74) is 0. The van der Waals surface area contributed by atoms with Crippen molar-refractivity contribution >= 4 is 5.78 Å². The summed E-state index contributed by atoms with van der Waals surface area (Å²) in [5.74, 6) is 0.126. The van der Waals surface area contributed by atoms with Gasteiger partial charge in [0.05, 0.1) is 0 Å². The van der Waals surface area contributed by atoms with E-state index in [9.17, 15) is 4.79 Å². The molecule has 1 atom stereocenters. The van der Waals surface area contributed by atoms with E-state index in [2.05, 4.69) is 6.92 Å². The van der Waals surface area contributed by atoms with Crippen LogP contribution in [-0.4, -0.2) is 18.5 Å². The number of carbonyl (C=O) groups is 1. The number of rotatable bonds is 12. The summed E-state index contributed by atoms with van der Waals surface area (Å²) in [6.07, 6.45) is 11.7. The van der Waals surface area contributed by atoms with Crippen molar-refractivity contribution in [3.8, 4) is 0 Å². The predicted molar refractivity (Wildman–Crippen MR) is 73.3 cm³/mol. The Labute approximate surface area is 107 Å². The average molecular weight is 242 g/mol. The van der Waals surface area contributed by atoms with Crippen LogP contribution in [0.15, 0.2) is 0 Å². The molecule has 0 aromatic heterocycles. The first-order valence-electron chi connectivity index (χ1n) is 7.30. The van der Waals surface area contributed by atoms with Crippen molar-refractivity contribution in [1.29, 1.82) is 0 Å². The monoisotopic (exact) mass is 242 g/mol. The summed E-state index contributed by atoms with van der Waals surface area (Å²) in [6, 6.07) is 0. The van der Waals surface area contributed by atoms with Crippen molar-refractivity contribution in [3.63, 3.8) is 0 Å². The van der Waals surface area contributed by atoms with Gasteiger partial charge in [0.25, 0.3) is 0 Å². The van der Waals surface area contributed by atoms with E-state index in [0.29, 0.717) is 0 Å². The van der Waals surface area contributed by atoms with Gasteiger partial charge in [0.2, 0.25) is 0 Å². The van der Waals surface area contributed by atoms with Gasteiger partial charge in [-0.2, -0.15) is 0 Å². The summed E-state index contributed by atoms with van der Waals surface area (Å²) in [6.45, 7) is 6.40. The van der Waals surface area contributed by atoms with Crippen LogP contribution in [-0.2, 0) is 9.53 Å². The zero-order chi connectivity index (χ0) is 12.9. The van der Waals surface area contributed by atoms with Crippen LogP contribution < -0.4 is 0 Å². The van der Waals surface area contributed by atoms with Crippen molar-refractivity contribution in [2.24, 2.45) is 0 Å². The van der Waals surface area contributed by atoms with Crippen molar-refractivity contribution in [2.45, 2.75) is 84.7 Å². The van der Waals surface area contributed by atoms with Crippen LogP contribution in [0, 0.1) is 0 Å². The second-order valence-corrected chi connectivity index (χ2v) is 4.95. The lowest BCUT2D eigenvalue weighted by atomic mass is 10.1. The lowest BCUT2D eigenvalue weighted by Crippen LogP contribution is -2.17. The predicted octanol–water partition coefficient (Wildman–Crippen LogP) is 4.51. The van der Waals surface area contributed by atoms with Crippen LogP contribution in [0.25, 0.3) is 0 Å². The lowest BCUT2D eigenvalue weighted by Gasteiger charge is -2.09. The van der Waals surface area contributed by atoms with E-state index in [-0.39, 0.29) is 11.9 Å². The van der Waals surface area contributed by atoms with E-state index < -0.39 is 0 Å². The Kier molecular flexibility index (Phi) is 11.8. The van der Waals surface area contributed by atoms with Gasteiger partial charge >= 0.3 is 0 Å². The van der Waals surface area contributed by atoms with E-state index >= 15 is 0 Å². The smallest absolute Gasteiger partial charge is 0.158 e. The third-order valence-electron chi connectivity index (χ3n) is 3.19. The largest absolute Gasteiger partial charge is 0.371 e. The highest BCUT2D eigenvalue weighted by molar-refractivity contribution is 5.79. The SMILES string of the molecule is CCCCCCCCCCCOC(C)C(C)=O. The van der Waals surface area contributed by atoms with E-state index in [1.54, 1.807) is 6.92 Å². The molecule has 0 fully saturated rings. The first kappa shape index (κ1) is 16.6. The van der Waals surface area contributed by atoms with Crippen LogP contribution in [0.2, 0.25) is 0 Å². The zero-order valence-corrected chi connectivity index (χ0v) is 12.0. The number of carbonyl (C=O) groups excluding carboxylic acids is 1. The van der Waals surface area contributed by atoms with Crippen molar-refractivity contribution < 1.29 is 9.53 Å². The average Bonchev–Trinajstić information content (AvgIpc) is 2.31. The maximum atomic E-state index is 10.9. The number of ether oxygens (including phenoxy) is 1. The fraction of sp³-hybridized carbons (Fsp3) is 0.933. The molecule has 0 bridgehead atoms. The van der Waals surface area contributed by atoms with Crippen molar-refractivity contribution in [1.82, 2.24) is 0 Å². The number of unbranched alkanes of at least 4 members (excludes halogenated alkanes) is 8. The first-order chi connectivity index (χ1) is 8.18. The van der Waals surface area contributed by atoms with Gasteiger partial charge in [-0.05, 0) is 20.3 Å². The fourth-order valence-electron chi connectivity index (χ4n) is 1.79. The molecule has 102 valence electrons. The van der Waals surface area contributed by atoms with Crippen LogP contribution in [0.4, 0.5) is 0 Å². The van der Waals surface area contributed by atoms with Crippen LogP contribution >= 0.6 is 0 Å². The molecule has 0 saturated carbocycles. The molecule has 17 heavy (non-hydrogen) atoms. The molecule has 0 saturated heterocycles. The van der Waals surface area contributed by atoms with Gasteiger partial charge in [-0.1, -0.05) is 58.3 Å². The Bertz CT molecular complexity index is 178. The third-order valence-corrected chi connectivity index (χ3v) is 3.19. The van der Waals surface area contributed by atoms with Gasteiger partial charge in [-0.25, -0.2) is 0 Å². The molecule has 0 heterocycles. The Hall–Kier alpha value is -0.370. The molecule has 0 rings (SSSR count). The Morgan fingerprint density at radius 3 is 1.88 bits per heavy atom. The summed E-state index contributed by atoms with van der Waals surface area (Å²) in [5, 5.41) is 0. The standard InChI is InChI=1S/C15H30O2/c1-4-5-6-7-8-9-10-11-12-13-17-15(3)14(2)16/h15H,4-13H2,1-3H3. The summed E-state index contributed by atoms with van der Waals surface area (Å²) < 4.78 is 5.41. The molecule has 0 aromatic rings. The molecule has 1 unspecified atom stereocenters. The number of ketones is 1. The minimum absolute atomic E-state index is 0.126. The molecule has 0 radical (unpaired) electrons. The van der Waals surface area contributed by atoms with E-state index in [4.69, 9.17) is 4.74 Å². The summed E-state index contributed by atoms with van der Waals surface area (Å²) >= 11 is 0. The van der Waals surface area contributed by atoms with Gasteiger partial charge < -0.3 is 4.74 Å². The van der Waals surface area contributed by atoms with Crippen LogP contribution in [0.5, 0.6) is 0 Å². The lowest BCUT2D eigenvalue weighted by molar-refractivity contribution is -0.127. The molecule has 0 aromatic carbocycles. The molecule has 2 heteroatoms. The molecular weight excluding hydrogens is 212 g/mol. The Morgan fingerprint density at radius 2 is 1.41 bits per heavy atom. The van der Waals surface area contributed by atoms with E-state index in [1.807, 2.05) is 6.92 Å². The molecule has 0 aliphatic carbocycles. The van der Waals surface area contributed by atoms with Gasteiger partial charge in [0, 0.05) is 6.61 Å². The van der Waals surface area contributed by atoms with Crippen molar-refractivity contribution in [2.75, 3.05) is 6.61 Å². The molecule has 0 aliphatic heterocycles. The molecule has 0 N–H and O–H groups in total. The highest BCUT2D eigenvalue weighted by atomic mass is 16.5. The van der Waals surface area contributed by atoms with Gasteiger partial charge in [0.1, 0.15) is 6.10 Å². The highest BCUT2D eigenvalue weighted by Crippen LogP contribution is 2.09. The fourth-order valence-corrected chi connectivity index (χ4v) is 1.79. The Morgan fingerprint density at radius 1 is 0.941 bits per heavy atom. The van der Waals surface area contributed by atoms with E-state index in [1.165, 1.54) is 51.4 Å². The topological polar surface area (TPSA) is 26.3 Å². The molecule has 0 amide bonds. The summed E-state index contributed by atoms with van der Waals surface area (Å²) in [4.78, 5) is 10.9. The molecule has 0 aliphatic rings. The maximum absolute atomic E-state index is 10.9. The normalized spacial score (nSPS) is 12.6. The molecule has 2 nitrogen and oxygen atoms in total. The summed E-state index contributed by atoms with van der Waals surface area (Å²) in [7, 11) is 0. The van der Waals surface area contributed by atoms with Gasteiger partial charge in [-0.15, -0.1) is 0 Å². The number of hydrogen-bond donors (Lipinski definition) is 0. The quantitative estimate of drug-likeness (QED) is 0.471. The molecular formula is C15H30O2. The zero-order valence-electron chi connectivity index (χ0n) is 12.0. The third kappa shape index (κ3) is 11.9. The minimum Gasteiger partial charge on any atom is -0.371 e. The first-order valence-corrected chi connectivity index (χ1v) is 7.30. The van der Waals surface area contributed by atoms with Crippen LogP contribution in [0.1, 0.15) is 78.6 Å². The van der Waals surface area contributed by atoms with Crippen molar-refractivity contribution in [3.05, 3.63) is 0 Å². The van der Waals surface area contributed by atoms with Gasteiger partial charge in [0.15, 0.2) is 5.78 Å². The number of Topliss-reactive ketones (excluding diaryl/α,β-unsaturated/α-hetero) is 1. The molecule has 0 spiro atoms. The second-order valence-electron chi connectivity index (χ2n) is 4.95. The van der Waals surface area contributed by atoms with E-state index in [0.717, 1.165) is 13.0 Å². The van der Waals surface area contributed by atoms with Gasteiger partial charge in [-0.3, -0.25) is 4.79 Å². The maximum Gasteiger partial charge on any atom is 0.158 e. The minimum atomic E-state index is -0.218.